The first kappa shape index (κ1) is 17.6. The van der Waals surface area contributed by atoms with Gasteiger partial charge in [-0.15, -0.1) is 0 Å². The van der Waals surface area contributed by atoms with Crippen molar-refractivity contribution < 1.29 is 17.9 Å². The van der Waals surface area contributed by atoms with Crippen molar-refractivity contribution >= 4 is 15.7 Å². The van der Waals surface area contributed by atoms with E-state index in [2.05, 4.69) is 4.90 Å². The van der Waals surface area contributed by atoms with Crippen LogP contribution in [0.2, 0.25) is 0 Å². The van der Waals surface area contributed by atoms with E-state index in [1.807, 2.05) is 30.3 Å². The van der Waals surface area contributed by atoms with Crippen LogP contribution in [0.25, 0.3) is 0 Å². The van der Waals surface area contributed by atoms with E-state index >= 15 is 0 Å². The fourth-order valence-electron chi connectivity index (χ4n) is 2.95. The lowest BCUT2D eigenvalue weighted by Gasteiger charge is -2.35. The maximum absolute atomic E-state index is 12.9. The van der Waals surface area contributed by atoms with Crippen molar-refractivity contribution in [3.63, 3.8) is 0 Å². The SMILES string of the molecule is COc1ccc(S(=O)(=O)N2CCN(c3ccccc3)CC2)cc1OC. The third-order valence-electron chi connectivity index (χ3n) is 4.35. The topological polar surface area (TPSA) is 59.1 Å². The Morgan fingerprint density at radius 2 is 1.48 bits per heavy atom. The van der Waals surface area contributed by atoms with Crippen LogP contribution in [-0.2, 0) is 10.0 Å². The molecule has 1 aliphatic heterocycles. The number of rotatable bonds is 5. The van der Waals surface area contributed by atoms with Gasteiger partial charge in [0.25, 0.3) is 0 Å². The van der Waals surface area contributed by atoms with E-state index in [1.165, 1.54) is 24.6 Å². The van der Waals surface area contributed by atoms with Crippen LogP contribution in [0.15, 0.2) is 53.4 Å². The minimum atomic E-state index is -3.55. The maximum Gasteiger partial charge on any atom is 0.243 e. The summed E-state index contributed by atoms with van der Waals surface area (Å²) in [6.45, 7) is 2.23. The van der Waals surface area contributed by atoms with Crippen molar-refractivity contribution in [1.82, 2.24) is 4.31 Å². The summed E-state index contributed by atoms with van der Waals surface area (Å²) in [5.41, 5.74) is 1.12. The quantitative estimate of drug-likeness (QED) is 0.816. The smallest absolute Gasteiger partial charge is 0.243 e. The molecule has 0 spiro atoms. The molecule has 0 saturated carbocycles. The zero-order valence-electron chi connectivity index (χ0n) is 14.4. The lowest BCUT2D eigenvalue weighted by Crippen LogP contribution is -2.48. The molecule has 0 atom stereocenters. The third-order valence-corrected chi connectivity index (χ3v) is 6.25. The first-order valence-electron chi connectivity index (χ1n) is 8.08. The van der Waals surface area contributed by atoms with E-state index in [0.717, 1.165) is 5.69 Å². The van der Waals surface area contributed by atoms with Crippen molar-refractivity contribution in [1.29, 1.82) is 0 Å². The molecule has 6 nitrogen and oxygen atoms in total. The standard InChI is InChI=1S/C18H22N2O4S/c1-23-17-9-8-16(14-18(17)24-2)25(21,22)20-12-10-19(11-13-20)15-6-4-3-5-7-15/h3-9,14H,10-13H2,1-2H3. The largest absolute Gasteiger partial charge is 0.493 e. The highest BCUT2D eigenvalue weighted by atomic mass is 32.2. The second kappa shape index (κ2) is 7.33. The third kappa shape index (κ3) is 3.57. The van der Waals surface area contributed by atoms with Gasteiger partial charge in [-0.05, 0) is 24.3 Å². The predicted octanol–water partition coefficient (Wildman–Crippen LogP) is 2.21. The summed E-state index contributed by atoms with van der Waals surface area (Å²) in [6.07, 6.45) is 0. The zero-order chi connectivity index (χ0) is 17.9. The van der Waals surface area contributed by atoms with Gasteiger partial charge in [-0.2, -0.15) is 4.31 Å². The number of ether oxygens (including phenoxy) is 2. The summed E-state index contributed by atoms with van der Waals surface area (Å²) in [5.74, 6) is 0.918. The maximum atomic E-state index is 12.9. The number of nitrogens with zero attached hydrogens (tertiary/aromatic N) is 2. The van der Waals surface area contributed by atoms with Gasteiger partial charge in [0.1, 0.15) is 0 Å². The Hall–Kier alpha value is -2.25. The molecule has 1 fully saturated rings. The molecular weight excluding hydrogens is 340 g/mol. The Balaban J connectivity index is 1.76. The van der Waals surface area contributed by atoms with Crippen molar-refractivity contribution in [2.24, 2.45) is 0 Å². The lowest BCUT2D eigenvalue weighted by atomic mass is 10.2. The Bertz CT molecular complexity index is 816. The van der Waals surface area contributed by atoms with Crippen LogP contribution in [0.5, 0.6) is 11.5 Å². The Labute approximate surface area is 148 Å². The second-order valence-electron chi connectivity index (χ2n) is 5.74. The fourth-order valence-corrected chi connectivity index (χ4v) is 4.39. The van der Waals surface area contributed by atoms with Crippen molar-refractivity contribution in [3.8, 4) is 11.5 Å². The summed E-state index contributed by atoms with van der Waals surface area (Å²) in [6, 6.07) is 14.7. The minimum absolute atomic E-state index is 0.221. The molecule has 3 rings (SSSR count). The number of sulfonamides is 1. The molecule has 0 unspecified atom stereocenters. The van der Waals surface area contributed by atoms with Gasteiger partial charge in [-0.3, -0.25) is 0 Å². The van der Waals surface area contributed by atoms with E-state index in [-0.39, 0.29) is 4.90 Å². The normalized spacial score (nSPS) is 15.8. The van der Waals surface area contributed by atoms with Crippen LogP contribution in [0, 0.1) is 0 Å². The number of methoxy groups -OCH3 is 2. The van der Waals surface area contributed by atoms with Crippen LogP contribution in [0.1, 0.15) is 0 Å². The van der Waals surface area contributed by atoms with Gasteiger partial charge in [0.2, 0.25) is 10.0 Å². The molecule has 0 aromatic heterocycles. The van der Waals surface area contributed by atoms with Gasteiger partial charge >= 0.3 is 0 Å². The average molecular weight is 362 g/mol. The highest BCUT2D eigenvalue weighted by Gasteiger charge is 2.29. The van der Waals surface area contributed by atoms with E-state index in [1.54, 1.807) is 12.1 Å². The molecule has 0 bridgehead atoms. The number of benzene rings is 2. The van der Waals surface area contributed by atoms with Crippen LogP contribution in [0.3, 0.4) is 0 Å². The van der Waals surface area contributed by atoms with Crippen LogP contribution in [0.4, 0.5) is 5.69 Å². The number of piperazine rings is 1. The second-order valence-corrected chi connectivity index (χ2v) is 7.68. The summed E-state index contributed by atoms with van der Waals surface area (Å²) in [5, 5.41) is 0. The van der Waals surface area contributed by atoms with E-state index in [4.69, 9.17) is 9.47 Å². The lowest BCUT2D eigenvalue weighted by molar-refractivity contribution is 0.353. The first-order valence-corrected chi connectivity index (χ1v) is 9.52. The first-order chi connectivity index (χ1) is 12.1. The van der Waals surface area contributed by atoms with Gasteiger partial charge in [0.15, 0.2) is 11.5 Å². The predicted molar refractivity (Wildman–Crippen MR) is 97.0 cm³/mol. The molecule has 0 N–H and O–H groups in total. The summed E-state index contributed by atoms with van der Waals surface area (Å²) < 4.78 is 37.7. The summed E-state index contributed by atoms with van der Waals surface area (Å²) in [4.78, 5) is 2.42. The molecule has 2 aromatic carbocycles. The Morgan fingerprint density at radius 1 is 0.840 bits per heavy atom. The number of anilines is 1. The van der Waals surface area contributed by atoms with Crippen molar-refractivity contribution in [3.05, 3.63) is 48.5 Å². The van der Waals surface area contributed by atoms with Gasteiger partial charge < -0.3 is 14.4 Å². The minimum Gasteiger partial charge on any atom is -0.493 e. The molecule has 0 radical (unpaired) electrons. The van der Waals surface area contributed by atoms with Crippen LogP contribution in [-0.4, -0.2) is 53.1 Å². The molecule has 1 heterocycles. The van der Waals surface area contributed by atoms with Gasteiger partial charge in [0, 0.05) is 37.9 Å². The van der Waals surface area contributed by atoms with Crippen molar-refractivity contribution in [2.45, 2.75) is 4.90 Å². The van der Waals surface area contributed by atoms with E-state index < -0.39 is 10.0 Å². The number of para-hydroxylation sites is 1. The molecule has 25 heavy (non-hydrogen) atoms. The van der Waals surface area contributed by atoms with E-state index in [9.17, 15) is 8.42 Å². The highest BCUT2D eigenvalue weighted by Crippen LogP contribution is 2.31. The Morgan fingerprint density at radius 3 is 2.08 bits per heavy atom. The van der Waals surface area contributed by atoms with E-state index in [0.29, 0.717) is 37.7 Å². The molecule has 1 aliphatic rings. The molecule has 1 saturated heterocycles. The molecule has 0 amide bonds. The summed E-state index contributed by atoms with van der Waals surface area (Å²) >= 11 is 0. The highest BCUT2D eigenvalue weighted by molar-refractivity contribution is 7.89. The molecule has 0 aliphatic carbocycles. The zero-order valence-corrected chi connectivity index (χ0v) is 15.2. The van der Waals surface area contributed by atoms with Gasteiger partial charge in [-0.1, -0.05) is 18.2 Å². The van der Waals surface area contributed by atoms with Crippen molar-refractivity contribution in [2.75, 3.05) is 45.3 Å². The van der Waals surface area contributed by atoms with Gasteiger partial charge in [-0.25, -0.2) is 8.42 Å². The van der Waals surface area contributed by atoms with Gasteiger partial charge in [0.05, 0.1) is 19.1 Å². The average Bonchev–Trinajstić information content (AvgIpc) is 2.68. The molecular formula is C18H22N2O4S. The Kier molecular flexibility index (Phi) is 5.15. The summed E-state index contributed by atoms with van der Waals surface area (Å²) in [7, 11) is -0.539. The number of hydrogen-bond acceptors (Lipinski definition) is 5. The molecule has 7 heteroatoms. The monoisotopic (exact) mass is 362 g/mol. The fraction of sp³-hybridized carbons (Fsp3) is 0.333. The molecule has 2 aromatic rings. The van der Waals surface area contributed by atoms with Crippen LogP contribution >= 0.6 is 0 Å². The molecule has 134 valence electrons. The van der Waals surface area contributed by atoms with Crippen LogP contribution < -0.4 is 14.4 Å². The number of hydrogen-bond donors (Lipinski definition) is 0.